The van der Waals surface area contributed by atoms with Crippen molar-refractivity contribution < 1.29 is 0 Å². The van der Waals surface area contributed by atoms with Gasteiger partial charge in [-0.2, -0.15) is 5.26 Å². The Kier molecular flexibility index (Phi) is 5.98. The lowest BCUT2D eigenvalue weighted by Crippen LogP contribution is -2.15. The van der Waals surface area contributed by atoms with Gasteiger partial charge < -0.3 is 0 Å². The van der Waals surface area contributed by atoms with E-state index in [1.807, 2.05) is 0 Å². The maximum absolute atomic E-state index is 10.2. The van der Waals surface area contributed by atoms with E-state index < -0.39 is 7.92 Å². The summed E-state index contributed by atoms with van der Waals surface area (Å²) in [5.74, 6) is -0.128. The molecule has 0 bridgehead atoms. The van der Waals surface area contributed by atoms with Gasteiger partial charge in [-0.1, -0.05) is 103 Å². The van der Waals surface area contributed by atoms with Gasteiger partial charge in [0.1, 0.15) is 0 Å². The Hall–Kier alpha value is -3.46. The first-order chi connectivity index (χ1) is 15.8. The second-order valence-electron chi connectivity index (χ2n) is 8.06. The number of rotatable bonds is 6. The van der Waals surface area contributed by atoms with Gasteiger partial charge in [-0.3, -0.25) is 0 Å². The smallest absolute Gasteiger partial charge is 0.0722 e. The van der Waals surface area contributed by atoms with Gasteiger partial charge in [-0.15, -0.1) is 0 Å². The van der Waals surface area contributed by atoms with Crippen LogP contribution in [0.4, 0.5) is 0 Å². The zero-order valence-electron chi connectivity index (χ0n) is 17.9. The van der Waals surface area contributed by atoms with Crippen molar-refractivity contribution in [3.8, 4) is 6.07 Å². The van der Waals surface area contributed by atoms with Gasteiger partial charge in [0, 0.05) is 0 Å². The molecule has 0 aliphatic heterocycles. The summed E-state index contributed by atoms with van der Waals surface area (Å²) in [6.07, 6.45) is 1.84. The highest BCUT2D eigenvalue weighted by atomic mass is 31.1. The molecule has 5 rings (SSSR count). The highest BCUT2D eigenvalue weighted by Gasteiger charge is 2.19. The van der Waals surface area contributed by atoms with E-state index in [2.05, 4.69) is 121 Å². The van der Waals surface area contributed by atoms with Crippen LogP contribution in [0.25, 0.3) is 21.5 Å². The molecule has 0 aliphatic rings. The first kappa shape index (κ1) is 20.4. The summed E-state index contributed by atoms with van der Waals surface area (Å²) in [6.45, 7) is 0. The molecule has 0 amide bonds. The summed E-state index contributed by atoms with van der Waals surface area (Å²) in [5, 5.41) is 17.8. The van der Waals surface area contributed by atoms with Crippen LogP contribution in [-0.4, -0.2) is 6.16 Å². The molecule has 0 fully saturated rings. The third kappa shape index (κ3) is 4.16. The molecule has 0 aliphatic carbocycles. The van der Waals surface area contributed by atoms with Crippen molar-refractivity contribution in [3.63, 3.8) is 0 Å². The van der Waals surface area contributed by atoms with Gasteiger partial charge in [-0.05, 0) is 70.4 Å². The van der Waals surface area contributed by atoms with Crippen molar-refractivity contribution in [2.24, 2.45) is 0 Å². The van der Waals surface area contributed by atoms with Crippen molar-refractivity contribution in [2.75, 3.05) is 6.16 Å². The lowest BCUT2D eigenvalue weighted by Gasteiger charge is -2.21. The lowest BCUT2D eigenvalue weighted by molar-refractivity contribution is 0.832. The minimum Gasteiger partial charge on any atom is -0.198 e. The van der Waals surface area contributed by atoms with Crippen molar-refractivity contribution in [2.45, 2.75) is 12.3 Å². The molecule has 1 nitrogen and oxygen atoms in total. The third-order valence-electron chi connectivity index (χ3n) is 6.09. The van der Waals surface area contributed by atoms with Gasteiger partial charge >= 0.3 is 0 Å². The van der Waals surface area contributed by atoms with Crippen molar-refractivity contribution in [1.82, 2.24) is 0 Å². The molecular weight excluding hydrogens is 405 g/mol. The molecule has 0 saturated carbocycles. The third-order valence-corrected chi connectivity index (χ3v) is 8.64. The van der Waals surface area contributed by atoms with E-state index in [0.717, 1.165) is 18.1 Å². The molecule has 0 spiro atoms. The van der Waals surface area contributed by atoms with E-state index in [0.29, 0.717) is 0 Å². The largest absolute Gasteiger partial charge is 0.198 e. The Bertz CT molecular complexity index is 1350. The van der Waals surface area contributed by atoms with Crippen LogP contribution in [0.5, 0.6) is 0 Å². The Morgan fingerprint density at radius 1 is 0.625 bits per heavy atom. The average molecular weight is 430 g/mol. The summed E-state index contributed by atoms with van der Waals surface area (Å²) in [6, 6.07) is 43.5. The first-order valence-corrected chi connectivity index (χ1v) is 12.5. The summed E-state index contributed by atoms with van der Waals surface area (Å²) in [5.41, 5.74) is 1.15. The number of benzene rings is 5. The molecule has 0 heterocycles. The zero-order valence-corrected chi connectivity index (χ0v) is 18.8. The normalized spacial score (nSPS) is 12.1. The van der Waals surface area contributed by atoms with E-state index in [9.17, 15) is 5.26 Å². The predicted molar refractivity (Wildman–Crippen MR) is 138 cm³/mol. The minimum atomic E-state index is -0.502. The van der Waals surface area contributed by atoms with Gasteiger partial charge in [0.15, 0.2) is 0 Å². The van der Waals surface area contributed by atoms with Crippen molar-refractivity contribution >= 4 is 40.1 Å². The second-order valence-corrected chi connectivity index (χ2v) is 10.4. The highest BCUT2D eigenvalue weighted by molar-refractivity contribution is 7.73. The molecule has 154 valence electrons. The maximum atomic E-state index is 10.2. The average Bonchev–Trinajstić information content (AvgIpc) is 2.86. The van der Waals surface area contributed by atoms with Crippen LogP contribution >= 0.6 is 7.92 Å². The minimum absolute atomic E-state index is 0.128. The molecule has 1 atom stereocenters. The fourth-order valence-corrected chi connectivity index (χ4v) is 6.86. The van der Waals surface area contributed by atoms with Gasteiger partial charge in [0.05, 0.1) is 12.0 Å². The number of nitriles is 1. The van der Waals surface area contributed by atoms with Crippen LogP contribution in [0.1, 0.15) is 17.9 Å². The molecule has 0 saturated heterocycles. The molecule has 5 aromatic rings. The SMILES string of the molecule is N#CC(CCP(c1ccccc1)c1ccccc1)c1cccc2cc3ccccc3cc12. The summed E-state index contributed by atoms with van der Waals surface area (Å²) in [4.78, 5) is 0. The van der Waals surface area contributed by atoms with E-state index in [-0.39, 0.29) is 5.92 Å². The standard InChI is InChI=1S/C30H24NP/c31-22-26(18-19-32(27-13-3-1-4-14-27)28-15-5-2-6-16-28)29-17-9-12-25-20-23-10-7-8-11-24(23)21-30(25)29/h1-17,20-21,26H,18-19H2. The molecule has 32 heavy (non-hydrogen) atoms. The topological polar surface area (TPSA) is 23.8 Å². The zero-order chi connectivity index (χ0) is 21.8. The summed E-state index contributed by atoms with van der Waals surface area (Å²) >= 11 is 0. The van der Waals surface area contributed by atoms with Crippen LogP contribution in [0.2, 0.25) is 0 Å². The van der Waals surface area contributed by atoms with Crippen LogP contribution in [0.15, 0.2) is 115 Å². The van der Waals surface area contributed by atoms with E-state index in [4.69, 9.17) is 0 Å². The molecule has 0 aromatic heterocycles. The van der Waals surface area contributed by atoms with Crippen LogP contribution in [0, 0.1) is 11.3 Å². The molecule has 0 N–H and O–H groups in total. The predicted octanol–water partition coefficient (Wildman–Crippen LogP) is 7.12. The first-order valence-electron chi connectivity index (χ1n) is 11.0. The Labute approximate surface area is 190 Å². The van der Waals surface area contributed by atoms with Crippen LogP contribution in [0.3, 0.4) is 0 Å². The molecular formula is C30H24NP. The fourth-order valence-electron chi connectivity index (χ4n) is 4.47. The number of nitrogens with zero attached hydrogens (tertiary/aromatic N) is 1. The van der Waals surface area contributed by atoms with E-state index in [1.165, 1.54) is 32.2 Å². The highest BCUT2D eigenvalue weighted by Crippen LogP contribution is 2.38. The second kappa shape index (κ2) is 9.35. The Balaban J connectivity index is 1.49. The lowest BCUT2D eigenvalue weighted by atomic mass is 9.91. The Morgan fingerprint density at radius 2 is 1.19 bits per heavy atom. The van der Waals surface area contributed by atoms with Gasteiger partial charge in [-0.25, -0.2) is 0 Å². The van der Waals surface area contributed by atoms with Crippen LogP contribution in [-0.2, 0) is 0 Å². The maximum Gasteiger partial charge on any atom is 0.0722 e. The number of fused-ring (bicyclic) bond motifs is 2. The molecule has 1 unspecified atom stereocenters. The molecule has 0 radical (unpaired) electrons. The van der Waals surface area contributed by atoms with Crippen molar-refractivity contribution in [1.29, 1.82) is 5.26 Å². The fraction of sp³-hybridized carbons (Fsp3) is 0.100. The molecule has 2 heteroatoms. The summed E-state index contributed by atoms with van der Waals surface area (Å²) in [7, 11) is -0.502. The number of hydrogen-bond donors (Lipinski definition) is 0. The Morgan fingerprint density at radius 3 is 1.81 bits per heavy atom. The summed E-state index contributed by atoms with van der Waals surface area (Å²) < 4.78 is 0. The van der Waals surface area contributed by atoms with Crippen LogP contribution < -0.4 is 10.6 Å². The van der Waals surface area contributed by atoms with Crippen molar-refractivity contribution in [3.05, 3.63) is 121 Å². The van der Waals surface area contributed by atoms with E-state index >= 15 is 0 Å². The van der Waals surface area contributed by atoms with Gasteiger partial charge in [0.2, 0.25) is 0 Å². The van der Waals surface area contributed by atoms with Gasteiger partial charge in [0.25, 0.3) is 0 Å². The quantitative estimate of drug-likeness (QED) is 0.208. The monoisotopic (exact) mass is 429 g/mol. The molecule has 5 aromatic carbocycles. The van der Waals surface area contributed by atoms with E-state index in [1.54, 1.807) is 0 Å². The number of hydrogen-bond acceptors (Lipinski definition) is 1.